The smallest absolute Gasteiger partial charge is 0.254 e. The van der Waals surface area contributed by atoms with Crippen LogP contribution in [0.15, 0.2) is 42.6 Å². The highest BCUT2D eigenvalue weighted by Crippen LogP contribution is 2.28. The molecule has 1 saturated heterocycles. The third kappa shape index (κ3) is 4.61. The number of benzene rings is 1. The quantitative estimate of drug-likeness (QED) is 0.648. The van der Waals surface area contributed by atoms with Crippen LogP contribution < -0.4 is 5.73 Å². The fraction of sp³-hybridized carbons (Fsp3) is 0.409. The van der Waals surface area contributed by atoms with Gasteiger partial charge in [-0.3, -0.25) is 4.79 Å². The van der Waals surface area contributed by atoms with E-state index in [9.17, 15) is 4.79 Å². The Kier molecular flexibility index (Phi) is 8.24. The van der Waals surface area contributed by atoms with Crippen molar-refractivity contribution in [1.82, 2.24) is 19.7 Å². The maximum atomic E-state index is 13.4. The maximum Gasteiger partial charge on any atom is 0.254 e. The van der Waals surface area contributed by atoms with Gasteiger partial charge in [0.25, 0.3) is 5.91 Å². The first-order chi connectivity index (χ1) is 13.6. The predicted octanol–water partition coefficient (Wildman–Crippen LogP) is 4.16. The van der Waals surface area contributed by atoms with Gasteiger partial charge in [0.1, 0.15) is 0 Å². The Hall–Kier alpha value is -2.15. The highest BCUT2D eigenvalue weighted by Gasteiger charge is 2.27. The number of pyridine rings is 1. The van der Waals surface area contributed by atoms with Crippen LogP contribution in [0, 0.1) is 5.92 Å². The predicted molar refractivity (Wildman–Crippen MR) is 125 cm³/mol. The number of piperidine rings is 1. The number of hydrogen-bond acceptors (Lipinski definition) is 4. The summed E-state index contributed by atoms with van der Waals surface area (Å²) in [5.74, 6) is 0.549. The number of likely N-dealkylation sites (tertiary alicyclic amines) is 1. The summed E-state index contributed by atoms with van der Waals surface area (Å²) in [6, 6.07) is 12.1. The Morgan fingerprint density at radius 3 is 2.47 bits per heavy atom. The van der Waals surface area contributed by atoms with Crippen molar-refractivity contribution in [2.45, 2.75) is 39.3 Å². The molecule has 1 aliphatic rings. The fourth-order valence-corrected chi connectivity index (χ4v) is 4.01. The van der Waals surface area contributed by atoms with E-state index in [1.807, 2.05) is 52.9 Å². The van der Waals surface area contributed by atoms with Crippen LogP contribution in [0.2, 0.25) is 0 Å². The lowest BCUT2D eigenvalue weighted by molar-refractivity contribution is 0.0683. The van der Waals surface area contributed by atoms with E-state index in [0.29, 0.717) is 18.0 Å². The summed E-state index contributed by atoms with van der Waals surface area (Å²) in [5, 5.41) is 5.26. The summed E-state index contributed by atoms with van der Waals surface area (Å²) >= 11 is 0. The number of halogens is 2. The van der Waals surface area contributed by atoms with E-state index in [4.69, 9.17) is 10.7 Å². The van der Waals surface area contributed by atoms with Crippen LogP contribution in [-0.4, -0.2) is 44.7 Å². The van der Waals surface area contributed by atoms with Crippen LogP contribution in [-0.2, 0) is 6.54 Å². The molecule has 3 aromatic rings. The van der Waals surface area contributed by atoms with Crippen LogP contribution >= 0.6 is 24.8 Å². The molecule has 0 bridgehead atoms. The average Bonchev–Trinajstić information content (AvgIpc) is 3.16. The largest absolute Gasteiger partial charge is 0.339 e. The number of aryl methyl sites for hydroxylation is 1. The molecule has 0 spiro atoms. The van der Waals surface area contributed by atoms with Gasteiger partial charge in [-0.15, -0.1) is 24.8 Å². The Labute approximate surface area is 189 Å². The van der Waals surface area contributed by atoms with E-state index in [1.54, 1.807) is 6.20 Å². The lowest BCUT2D eigenvalue weighted by atomic mass is 9.90. The van der Waals surface area contributed by atoms with Gasteiger partial charge in [0, 0.05) is 31.2 Å². The van der Waals surface area contributed by atoms with Gasteiger partial charge in [0.15, 0.2) is 5.65 Å². The van der Waals surface area contributed by atoms with Gasteiger partial charge < -0.3 is 10.6 Å². The van der Waals surface area contributed by atoms with Gasteiger partial charge in [0.2, 0.25) is 0 Å². The minimum absolute atomic E-state index is 0. The molecule has 1 aromatic carbocycles. The Balaban J connectivity index is 0.00000160. The molecule has 1 unspecified atom stereocenters. The van der Waals surface area contributed by atoms with Crippen molar-refractivity contribution < 1.29 is 4.79 Å². The zero-order chi connectivity index (χ0) is 19.7. The van der Waals surface area contributed by atoms with Crippen molar-refractivity contribution in [3.8, 4) is 11.3 Å². The van der Waals surface area contributed by atoms with Crippen molar-refractivity contribution in [3.63, 3.8) is 0 Å². The van der Waals surface area contributed by atoms with Gasteiger partial charge in [-0.2, -0.15) is 5.10 Å². The average molecular weight is 450 g/mol. The third-order valence-corrected chi connectivity index (χ3v) is 5.78. The topological polar surface area (TPSA) is 77.0 Å². The number of aromatic nitrogens is 3. The van der Waals surface area contributed by atoms with Crippen LogP contribution in [0.1, 0.15) is 37.0 Å². The molecular formula is C22H29Cl2N5O. The number of rotatable bonds is 4. The highest BCUT2D eigenvalue weighted by atomic mass is 35.5. The van der Waals surface area contributed by atoms with Crippen LogP contribution in [0.25, 0.3) is 22.3 Å². The Bertz CT molecular complexity index is 982. The second kappa shape index (κ2) is 10.2. The van der Waals surface area contributed by atoms with Crippen molar-refractivity contribution in [2.24, 2.45) is 11.7 Å². The van der Waals surface area contributed by atoms with Crippen molar-refractivity contribution in [2.75, 3.05) is 13.1 Å². The molecule has 0 aliphatic carbocycles. The second-order valence-electron chi connectivity index (χ2n) is 7.61. The summed E-state index contributed by atoms with van der Waals surface area (Å²) < 4.78 is 1.85. The van der Waals surface area contributed by atoms with E-state index in [1.165, 1.54) is 0 Å². The van der Waals surface area contributed by atoms with Crippen molar-refractivity contribution in [1.29, 1.82) is 0 Å². The molecule has 1 amide bonds. The Morgan fingerprint density at radius 1 is 1.20 bits per heavy atom. The van der Waals surface area contributed by atoms with E-state index >= 15 is 0 Å². The van der Waals surface area contributed by atoms with Crippen molar-refractivity contribution in [3.05, 3.63) is 48.2 Å². The molecular weight excluding hydrogens is 421 g/mol. The summed E-state index contributed by atoms with van der Waals surface area (Å²) in [5.41, 5.74) is 9.30. The monoisotopic (exact) mass is 449 g/mol. The summed E-state index contributed by atoms with van der Waals surface area (Å²) in [4.78, 5) is 20.2. The summed E-state index contributed by atoms with van der Waals surface area (Å²) in [6.45, 7) is 6.29. The van der Waals surface area contributed by atoms with Gasteiger partial charge in [-0.25, -0.2) is 9.67 Å². The standard InChI is InChI=1S/C22H27N5O.2ClH/c1-3-27-21-19(14-24-27)18(13-20(25-21)17-7-5-4-6-8-17)22(28)26-11-9-16(10-12-26)15(2)23;;/h4-8,13-16H,3,9-12,23H2,1-2H3;2*1H. The summed E-state index contributed by atoms with van der Waals surface area (Å²) in [6.07, 6.45) is 3.68. The SMILES string of the molecule is CCn1ncc2c(C(=O)N3CCC(C(C)N)CC3)cc(-c3ccccc3)nc21.Cl.Cl. The molecule has 162 valence electrons. The summed E-state index contributed by atoms with van der Waals surface area (Å²) in [7, 11) is 0. The number of carbonyl (C=O) groups is 1. The molecule has 30 heavy (non-hydrogen) atoms. The van der Waals surface area contributed by atoms with Gasteiger partial charge in [0.05, 0.1) is 22.8 Å². The number of nitrogens with two attached hydrogens (primary N) is 1. The normalized spacial score (nSPS) is 15.4. The molecule has 2 aromatic heterocycles. The lowest BCUT2D eigenvalue weighted by Gasteiger charge is -2.33. The number of amides is 1. The number of nitrogens with zero attached hydrogens (tertiary/aromatic N) is 4. The molecule has 2 N–H and O–H groups in total. The van der Waals surface area contributed by atoms with Gasteiger partial charge >= 0.3 is 0 Å². The van der Waals surface area contributed by atoms with Gasteiger partial charge in [-0.1, -0.05) is 30.3 Å². The lowest BCUT2D eigenvalue weighted by Crippen LogP contribution is -2.42. The fourth-order valence-electron chi connectivity index (χ4n) is 4.01. The molecule has 1 aliphatic heterocycles. The van der Waals surface area contributed by atoms with E-state index in [-0.39, 0.29) is 36.8 Å². The zero-order valence-electron chi connectivity index (χ0n) is 17.3. The minimum atomic E-state index is 0. The van der Waals surface area contributed by atoms with E-state index in [0.717, 1.165) is 48.2 Å². The second-order valence-corrected chi connectivity index (χ2v) is 7.61. The number of fused-ring (bicyclic) bond motifs is 1. The van der Waals surface area contributed by atoms with Crippen LogP contribution in [0.5, 0.6) is 0 Å². The first kappa shape index (κ1) is 24.1. The number of carbonyl (C=O) groups excluding carboxylic acids is 1. The number of hydrogen-bond donors (Lipinski definition) is 1. The first-order valence-corrected chi connectivity index (χ1v) is 10.0. The molecule has 3 heterocycles. The van der Waals surface area contributed by atoms with Crippen molar-refractivity contribution >= 4 is 41.8 Å². The zero-order valence-corrected chi connectivity index (χ0v) is 19.0. The van der Waals surface area contributed by atoms with E-state index in [2.05, 4.69) is 12.0 Å². The molecule has 8 heteroatoms. The molecule has 1 fully saturated rings. The molecule has 6 nitrogen and oxygen atoms in total. The molecule has 0 saturated carbocycles. The van der Waals surface area contributed by atoms with Crippen LogP contribution in [0.3, 0.4) is 0 Å². The minimum Gasteiger partial charge on any atom is -0.339 e. The highest BCUT2D eigenvalue weighted by molar-refractivity contribution is 6.06. The van der Waals surface area contributed by atoms with E-state index < -0.39 is 0 Å². The molecule has 1 atom stereocenters. The van der Waals surface area contributed by atoms with Gasteiger partial charge in [-0.05, 0) is 38.7 Å². The molecule has 4 rings (SSSR count). The maximum absolute atomic E-state index is 13.4. The first-order valence-electron chi connectivity index (χ1n) is 10.0. The molecule has 0 radical (unpaired) electrons. The van der Waals surface area contributed by atoms with Crippen LogP contribution in [0.4, 0.5) is 0 Å². The Morgan fingerprint density at radius 2 is 1.87 bits per heavy atom. The third-order valence-electron chi connectivity index (χ3n) is 5.78.